The van der Waals surface area contributed by atoms with E-state index < -0.39 is 11.9 Å². The van der Waals surface area contributed by atoms with Crippen LogP contribution in [0.3, 0.4) is 0 Å². The number of para-hydroxylation sites is 1. The van der Waals surface area contributed by atoms with Gasteiger partial charge in [0.2, 0.25) is 0 Å². The lowest BCUT2D eigenvalue weighted by Gasteiger charge is -2.10. The topological polar surface area (TPSA) is 64.6 Å². The predicted molar refractivity (Wildman–Crippen MR) is 88.4 cm³/mol. The summed E-state index contributed by atoms with van der Waals surface area (Å²) >= 11 is 11.7. The number of halogens is 2. The molecule has 0 aromatic heterocycles. The van der Waals surface area contributed by atoms with E-state index >= 15 is 0 Å². The number of benzene rings is 2. The van der Waals surface area contributed by atoms with Gasteiger partial charge in [0.15, 0.2) is 6.61 Å². The number of hydrogen-bond donors (Lipinski definition) is 1. The third kappa shape index (κ3) is 4.61. The first-order chi connectivity index (χ1) is 11.0. The van der Waals surface area contributed by atoms with Gasteiger partial charge < -0.3 is 14.8 Å². The molecular weight excluding hydrogens is 341 g/mol. The van der Waals surface area contributed by atoms with Crippen molar-refractivity contribution in [2.45, 2.75) is 0 Å². The molecule has 0 heterocycles. The zero-order valence-electron chi connectivity index (χ0n) is 12.1. The van der Waals surface area contributed by atoms with E-state index in [1.807, 2.05) is 0 Å². The van der Waals surface area contributed by atoms with Crippen LogP contribution in [0.2, 0.25) is 10.0 Å². The number of ether oxygens (including phenoxy) is 2. The molecule has 0 spiro atoms. The van der Waals surface area contributed by atoms with Crippen LogP contribution in [0.4, 0.5) is 5.69 Å². The Labute approximate surface area is 143 Å². The van der Waals surface area contributed by atoms with Crippen molar-refractivity contribution in [3.8, 4) is 5.75 Å². The second kappa shape index (κ2) is 7.85. The first kappa shape index (κ1) is 17.1. The summed E-state index contributed by atoms with van der Waals surface area (Å²) in [5.41, 5.74) is 0.611. The van der Waals surface area contributed by atoms with Gasteiger partial charge in [0, 0.05) is 6.07 Å². The van der Waals surface area contributed by atoms with Crippen molar-refractivity contribution in [2.75, 3.05) is 19.0 Å². The first-order valence-electron chi connectivity index (χ1n) is 6.56. The fraction of sp³-hybridized carbons (Fsp3) is 0.125. The van der Waals surface area contributed by atoms with E-state index in [0.29, 0.717) is 21.5 Å². The van der Waals surface area contributed by atoms with Crippen molar-refractivity contribution < 1.29 is 19.1 Å². The molecule has 120 valence electrons. The Hall–Kier alpha value is -2.24. The predicted octanol–water partition coefficient (Wildman–Crippen LogP) is 3.80. The maximum atomic E-state index is 12.0. The minimum absolute atomic E-state index is 0.243. The molecule has 1 N–H and O–H groups in total. The molecule has 2 aromatic carbocycles. The highest BCUT2D eigenvalue weighted by atomic mass is 35.5. The van der Waals surface area contributed by atoms with Crippen LogP contribution in [-0.4, -0.2) is 25.6 Å². The number of amides is 1. The fourth-order valence-electron chi connectivity index (χ4n) is 1.78. The second-order valence-electron chi connectivity index (χ2n) is 4.45. The lowest BCUT2D eigenvalue weighted by atomic mass is 10.2. The standard InChI is InChI=1S/C16H13Cl2NO4/c1-22-16(21)11-4-2-3-5-14(11)19-15(20)9-23-10-6-7-12(17)13(18)8-10/h2-8H,9H2,1H3,(H,19,20). The zero-order chi connectivity index (χ0) is 16.8. The van der Waals surface area contributed by atoms with E-state index in [1.165, 1.54) is 13.2 Å². The molecule has 0 aliphatic carbocycles. The summed E-state index contributed by atoms with van der Waals surface area (Å²) in [5, 5.41) is 3.33. The molecule has 1 amide bonds. The van der Waals surface area contributed by atoms with Gasteiger partial charge >= 0.3 is 5.97 Å². The first-order valence-corrected chi connectivity index (χ1v) is 7.32. The van der Waals surface area contributed by atoms with Crippen molar-refractivity contribution in [3.05, 3.63) is 58.1 Å². The molecule has 0 bridgehead atoms. The number of carbonyl (C=O) groups is 2. The van der Waals surface area contributed by atoms with Gasteiger partial charge in [0.25, 0.3) is 5.91 Å². The molecule has 0 radical (unpaired) electrons. The molecule has 0 aliphatic rings. The van der Waals surface area contributed by atoms with Crippen molar-refractivity contribution >= 4 is 40.8 Å². The number of nitrogens with one attached hydrogen (secondary N) is 1. The number of methoxy groups -OCH3 is 1. The Morgan fingerprint density at radius 3 is 2.52 bits per heavy atom. The molecule has 7 heteroatoms. The van der Waals surface area contributed by atoms with Crippen LogP contribution in [0, 0.1) is 0 Å². The van der Waals surface area contributed by atoms with E-state index in [2.05, 4.69) is 10.1 Å². The van der Waals surface area contributed by atoms with Crippen LogP contribution in [0.25, 0.3) is 0 Å². The Morgan fingerprint density at radius 2 is 1.83 bits per heavy atom. The van der Waals surface area contributed by atoms with Gasteiger partial charge in [-0.25, -0.2) is 4.79 Å². The maximum absolute atomic E-state index is 12.0. The highest BCUT2D eigenvalue weighted by Crippen LogP contribution is 2.26. The SMILES string of the molecule is COC(=O)c1ccccc1NC(=O)COc1ccc(Cl)c(Cl)c1. The Kier molecular flexibility index (Phi) is 5.84. The highest BCUT2D eigenvalue weighted by molar-refractivity contribution is 6.42. The molecule has 0 unspecified atom stereocenters. The molecule has 0 aliphatic heterocycles. The van der Waals surface area contributed by atoms with Gasteiger partial charge in [0.1, 0.15) is 5.75 Å². The number of carbonyl (C=O) groups excluding carboxylic acids is 2. The third-order valence-corrected chi connectivity index (χ3v) is 3.61. The molecule has 2 rings (SSSR count). The molecule has 2 aromatic rings. The Bertz CT molecular complexity index is 734. The summed E-state index contributed by atoms with van der Waals surface area (Å²) in [7, 11) is 1.27. The van der Waals surface area contributed by atoms with Crippen molar-refractivity contribution in [2.24, 2.45) is 0 Å². The lowest BCUT2D eigenvalue weighted by molar-refractivity contribution is -0.118. The number of rotatable bonds is 5. The monoisotopic (exact) mass is 353 g/mol. The average Bonchev–Trinajstić information content (AvgIpc) is 2.55. The van der Waals surface area contributed by atoms with Gasteiger partial charge in [-0.2, -0.15) is 0 Å². The van der Waals surface area contributed by atoms with Crippen molar-refractivity contribution in [1.29, 1.82) is 0 Å². The van der Waals surface area contributed by atoms with Crippen LogP contribution < -0.4 is 10.1 Å². The molecule has 23 heavy (non-hydrogen) atoms. The molecule has 0 saturated carbocycles. The van der Waals surface area contributed by atoms with E-state index in [9.17, 15) is 9.59 Å². The van der Waals surface area contributed by atoms with Crippen LogP contribution >= 0.6 is 23.2 Å². The van der Waals surface area contributed by atoms with Gasteiger partial charge in [-0.3, -0.25) is 4.79 Å². The molecule has 0 atom stereocenters. The largest absolute Gasteiger partial charge is 0.484 e. The fourth-order valence-corrected chi connectivity index (χ4v) is 2.07. The van der Waals surface area contributed by atoms with Crippen LogP contribution in [-0.2, 0) is 9.53 Å². The molecule has 5 nitrogen and oxygen atoms in total. The summed E-state index contributed by atoms with van der Waals surface area (Å²) in [6.45, 7) is -0.243. The van der Waals surface area contributed by atoms with E-state index in [0.717, 1.165) is 0 Å². The summed E-state index contributed by atoms with van der Waals surface area (Å²) in [6, 6.07) is 11.2. The van der Waals surface area contributed by atoms with E-state index in [4.69, 9.17) is 27.9 Å². The summed E-state index contributed by atoms with van der Waals surface area (Å²) < 4.78 is 9.99. The van der Waals surface area contributed by atoms with Crippen molar-refractivity contribution in [3.63, 3.8) is 0 Å². The van der Waals surface area contributed by atoms with Crippen LogP contribution in [0.5, 0.6) is 5.75 Å². The number of anilines is 1. The average molecular weight is 354 g/mol. The molecular formula is C16H13Cl2NO4. The lowest BCUT2D eigenvalue weighted by Crippen LogP contribution is -2.21. The number of hydrogen-bond acceptors (Lipinski definition) is 4. The number of esters is 1. The Morgan fingerprint density at radius 1 is 1.09 bits per heavy atom. The van der Waals surface area contributed by atoms with Gasteiger partial charge in [-0.05, 0) is 24.3 Å². The minimum Gasteiger partial charge on any atom is -0.484 e. The Balaban J connectivity index is 2.00. The summed E-state index contributed by atoms with van der Waals surface area (Å²) in [6.07, 6.45) is 0. The quantitative estimate of drug-likeness (QED) is 0.830. The summed E-state index contributed by atoms with van der Waals surface area (Å²) in [4.78, 5) is 23.6. The summed E-state index contributed by atoms with van der Waals surface area (Å²) in [5.74, 6) is -0.547. The second-order valence-corrected chi connectivity index (χ2v) is 5.26. The van der Waals surface area contributed by atoms with Crippen molar-refractivity contribution in [1.82, 2.24) is 0 Å². The molecule has 0 fully saturated rings. The molecule has 0 saturated heterocycles. The minimum atomic E-state index is -0.536. The van der Waals surface area contributed by atoms with Crippen LogP contribution in [0.15, 0.2) is 42.5 Å². The van der Waals surface area contributed by atoms with Gasteiger partial charge in [-0.1, -0.05) is 35.3 Å². The van der Waals surface area contributed by atoms with Gasteiger partial charge in [0.05, 0.1) is 28.4 Å². The third-order valence-electron chi connectivity index (χ3n) is 2.87. The van der Waals surface area contributed by atoms with Gasteiger partial charge in [-0.15, -0.1) is 0 Å². The van der Waals surface area contributed by atoms with Crippen LogP contribution in [0.1, 0.15) is 10.4 Å². The van der Waals surface area contributed by atoms with E-state index in [-0.39, 0.29) is 12.2 Å². The highest BCUT2D eigenvalue weighted by Gasteiger charge is 2.13. The normalized spacial score (nSPS) is 10.0. The zero-order valence-corrected chi connectivity index (χ0v) is 13.6. The maximum Gasteiger partial charge on any atom is 0.339 e. The smallest absolute Gasteiger partial charge is 0.339 e. The van der Waals surface area contributed by atoms with E-state index in [1.54, 1.807) is 36.4 Å².